The first-order valence-corrected chi connectivity index (χ1v) is 4.15. The second-order valence-electron chi connectivity index (χ2n) is 3.17. The smallest absolute Gasteiger partial charge is 0.0540 e. The van der Waals surface area contributed by atoms with Gasteiger partial charge in [0, 0.05) is 0 Å². The molecular weight excluding hydrogens is 128 g/mol. The molecule has 2 heteroatoms. The van der Waals surface area contributed by atoms with Crippen LogP contribution < -0.4 is 0 Å². The fourth-order valence-electron chi connectivity index (χ4n) is 0.773. The summed E-state index contributed by atoms with van der Waals surface area (Å²) in [5.41, 5.74) is 0. The Balaban J connectivity index is 0.0000001000. The molecule has 60 valence electrons. The van der Waals surface area contributed by atoms with Gasteiger partial charge in [-0.1, -0.05) is 0 Å². The van der Waals surface area contributed by atoms with Crippen LogP contribution >= 0.6 is 0 Å². The Hall–Kier alpha value is -0.0800. The molecule has 2 nitrogen and oxygen atoms in total. The number of rotatable bonds is 0. The van der Waals surface area contributed by atoms with E-state index >= 15 is 0 Å². The summed E-state index contributed by atoms with van der Waals surface area (Å²) in [4.78, 5) is 0. The van der Waals surface area contributed by atoms with Gasteiger partial charge in [0.25, 0.3) is 0 Å². The normalized spacial score (nSPS) is 25.8. The largest absolute Gasteiger partial charge is 0.393 e. The zero-order valence-electron chi connectivity index (χ0n) is 6.29. The summed E-state index contributed by atoms with van der Waals surface area (Å²) < 4.78 is 0. The second kappa shape index (κ2) is 3.94. The summed E-state index contributed by atoms with van der Waals surface area (Å²) in [6.07, 6.45) is 6.77. The molecule has 0 heterocycles. The van der Waals surface area contributed by atoms with Crippen LogP contribution in [0.5, 0.6) is 0 Å². The van der Waals surface area contributed by atoms with Crippen LogP contribution in [0.2, 0.25) is 0 Å². The minimum absolute atomic E-state index is 0.0648. The molecule has 2 rings (SSSR count). The highest BCUT2D eigenvalue weighted by atomic mass is 16.3. The molecule has 0 saturated heterocycles. The van der Waals surface area contributed by atoms with Crippen molar-refractivity contribution >= 4 is 0 Å². The van der Waals surface area contributed by atoms with E-state index in [-0.39, 0.29) is 12.2 Å². The van der Waals surface area contributed by atoms with E-state index in [1.165, 1.54) is 12.8 Å². The van der Waals surface area contributed by atoms with E-state index < -0.39 is 0 Å². The lowest BCUT2D eigenvalue weighted by atomic mass is 9.97. The summed E-state index contributed by atoms with van der Waals surface area (Å²) in [5, 5.41) is 16.9. The van der Waals surface area contributed by atoms with Crippen molar-refractivity contribution < 1.29 is 10.2 Å². The average molecular weight is 144 g/mol. The van der Waals surface area contributed by atoms with E-state index in [2.05, 4.69) is 0 Å². The third-order valence-electron chi connectivity index (χ3n) is 2.15. The quantitative estimate of drug-likeness (QED) is 0.533. The van der Waals surface area contributed by atoms with Crippen LogP contribution in [0.25, 0.3) is 0 Å². The maximum absolute atomic E-state index is 8.45. The van der Waals surface area contributed by atoms with Crippen molar-refractivity contribution in [1.29, 1.82) is 0 Å². The Morgan fingerprint density at radius 3 is 0.900 bits per heavy atom. The van der Waals surface area contributed by atoms with Crippen molar-refractivity contribution in [3.05, 3.63) is 0 Å². The van der Waals surface area contributed by atoms with Gasteiger partial charge in [0.15, 0.2) is 0 Å². The van der Waals surface area contributed by atoms with Crippen molar-refractivity contribution in [3.63, 3.8) is 0 Å². The van der Waals surface area contributed by atoms with E-state index in [4.69, 9.17) is 10.2 Å². The summed E-state index contributed by atoms with van der Waals surface area (Å²) >= 11 is 0. The Morgan fingerprint density at radius 2 is 0.900 bits per heavy atom. The van der Waals surface area contributed by atoms with Crippen molar-refractivity contribution in [2.45, 2.75) is 50.7 Å². The third kappa shape index (κ3) is 2.67. The third-order valence-corrected chi connectivity index (χ3v) is 2.15. The molecular formula is C8H16O2. The first kappa shape index (κ1) is 8.02. The summed E-state index contributed by atoms with van der Waals surface area (Å²) in [6.45, 7) is 0. The Morgan fingerprint density at radius 1 is 0.700 bits per heavy atom. The van der Waals surface area contributed by atoms with Crippen molar-refractivity contribution in [1.82, 2.24) is 0 Å². The lowest BCUT2D eigenvalue weighted by Gasteiger charge is -2.17. The highest BCUT2D eigenvalue weighted by Gasteiger charge is 2.11. The maximum Gasteiger partial charge on any atom is 0.0540 e. The SMILES string of the molecule is OC1CCC1.OC1CCC1. The van der Waals surface area contributed by atoms with Gasteiger partial charge >= 0.3 is 0 Å². The molecule has 0 atom stereocenters. The molecule has 2 saturated carbocycles. The Bertz CT molecular complexity index is 73.3. The highest BCUT2D eigenvalue weighted by molar-refractivity contribution is 4.65. The highest BCUT2D eigenvalue weighted by Crippen LogP contribution is 2.17. The molecule has 0 aromatic heterocycles. The Kier molecular flexibility index (Phi) is 3.16. The van der Waals surface area contributed by atoms with Gasteiger partial charge in [-0.2, -0.15) is 0 Å². The average Bonchev–Trinajstić information content (AvgIpc) is 1.80. The predicted octanol–water partition coefficient (Wildman–Crippen LogP) is 1.06. The molecule has 10 heavy (non-hydrogen) atoms. The summed E-state index contributed by atoms with van der Waals surface area (Å²) in [6, 6.07) is 0. The predicted molar refractivity (Wildman–Crippen MR) is 39.7 cm³/mol. The van der Waals surface area contributed by atoms with Crippen LogP contribution in [0.3, 0.4) is 0 Å². The van der Waals surface area contributed by atoms with Crippen LogP contribution in [0.15, 0.2) is 0 Å². The van der Waals surface area contributed by atoms with E-state index in [1.807, 2.05) is 0 Å². The minimum atomic E-state index is 0.0648. The van der Waals surface area contributed by atoms with Crippen LogP contribution in [0, 0.1) is 0 Å². The molecule has 0 aromatic rings. The van der Waals surface area contributed by atoms with Crippen molar-refractivity contribution in [3.8, 4) is 0 Å². The van der Waals surface area contributed by atoms with E-state index in [1.54, 1.807) is 0 Å². The van der Waals surface area contributed by atoms with Gasteiger partial charge in [0.05, 0.1) is 12.2 Å². The summed E-state index contributed by atoms with van der Waals surface area (Å²) in [5.74, 6) is 0. The molecule has 0 unspecified atom stereocenters. The van der Waals surface area contributed by atoms with E-state index in [9.17, 15) is 0 Å². The zero-order valence-corrected chi connectivity index (χ0v) is 6.29. The van der Waals surface area contributed by atoms with Gasteiger partial charge < -0.3 is 10.2 Å². The van der Waals surface area contributed by atoms with Gasteiger partial charge in [0.2, 0.25) is 0 Å². The van der Waals surface area contributed by atoms with E-state index in [0.717, 1.165) is 25.7 Å². The van der Waals surface area contributed by atoms with Gasteiger partial charge in [0.1, 0.15) is 0 Å². The maximum atomic E-state index is 8.45. The minimum Gasteiger partial charge on any atom is -0.393 e. The summed E-state index contributed by atoms with van der Waals surface area (Å²) in [7, 11) is 0. The fourth-order valence-corrected chi connectivity index (χ4v) is 0.773. The van der Waals surface area contributed by atoms with Crippen LogP contribution in [-0.2, 0) is 0 Å². The number of hydrogen-bond acceptors (Lipinski definition) is 2. The van der Waals surface area contributed by atoms with Crippen LogP contribution in [0.1, 0.15) is 38.5 Å². The molecule has 2 aliphatic rings. The second-order valence-corrected chi connectivity index (χ2v) is 3.17. The number of aliphatic hydroxyl groups is 2. The van der Waals surface area contributed by atoms with Gasteiger partial charge in [-0.05, 0) is 38.5 Å². The fraction of sp³-hybridized carbons (Fsp3) is 1.00. The van der Waals surface area contributed by atoms with Gasteiger partial charge in [-0.3, -0.25) is 0 Å². The van der Waals surface area contributed by atoms with Gasteiger partial charge in [-0.15, -0.1) is 0 Å². The molecule has 2 fully saturated rings. The number of hydrogen-bond donors (Lipinski definition) is 2. The Labute approximate surface area is 61.9 Å². The molecule has 2 aliphatic carbocycles. The first-order valence-electron chi connectivity index (χ1n) is 4.15. The molecule has 2 N–H and O–H groups in total. The molecule has 0 aromatic carbocycles. The molecule has 0 bridgehead atoms. The topological polar surface area (TPSA) is 40.5 Å². The van der Waals surface area contributed by atoms with Crippen LogP contribution in [-0.4, -0.2) is 22.4 Å². The molecule has 0 radical (unpaired) electrons. The van der Waals surface area contributed by atoms with Crippen molar-refractivity contribution in [2.24, 2.45) is 0 Å². The van der Waals surface area contributed by atoms with Gasteiger partial charge in [-0.25, -0.2) is 0 Å². The monoisotopic (exact) mass is 144 g/mol. The standard InChI is InChI=1S/2C4H8O/c2*5-4-2-1-3-4/h2*4-5H,1-3H2. The lowest BCUT2D eigenvalue weighted by Crippen LogP contribution is -2.15. The molecule has 0 spiro atoms. The zero-order chi connectivity index (χ0) is 7.40. The molecule has 0 aliphatic heterocycles. The first-order chi connectivity index (χ1) is 4.79. The van der Waals surface area contributed by atoms with Crippen LogP contribution in [0.4, 0.5) is 0 Å². The van der Waals surface area contributed by atoms with E-state index in [0.29, 0.717) is 0 Å². The number of aliphatic hydroxyl groups excluding tert-OH is 2. The molecule has 0 amide bonds. The van der Waals surface area contributed by atoms with Crippen molar-refractivity contribution in [2.75, 3.05) is 0 Å². The lowest BCUT2D eigenvalue weighted by molar-refractivity contribution is 0.0947.